The summed E-state index contributed by atoms with van der Waals surface area (Å²) in [6, 6.07) is 0. The monoisotopic (exact) mass is 229 g/mol. The molecular formula is C7H16ClNO3S. The second-order valence-electron chi connectivity index (χ2n) is 3.12. The number of hydrogen-bond donors (Lipinski definition) is 1. The molecule has 1 atom stereocenters. The first-order chi connectivity index (χ1) is 5.58. The van der Waals surface area contributed by atoms with Crippen molar-refractivity contribution in [2.45, 2.75) is 12.5 Å². The first-order valence-electron chi connectivity index (χ1n) is 4.08. The Bertz CT molecular complexity index is 222. The maximum absolute atomic E-state index is 10.9. The highest BCUT2D eigenvalue weighted by Crippen LogP contribution is 2.03. The number of nitrogens with one attached hydrogen (secondary N) is 1. The zero-order valence-corrected chi connectivity index (χ0v) is 9.29. The van der Waals surface area contributed by atoms with E-state index in [1.807, 2.05) is 0 Å². The molecule has 0 aromatic rings. The van der Waals surface area contributed by atoms with Gasteiger partial charge in [0.05, 0.1) is 18.5 Å². The van der Waals surface area contributed by atoms with Crippen LogP contribution in [0.3, 0.4) is 0 Å². The Labute approximate surface area is 85.4 Å². The molecule has 80 valence electrons. The van der Waals surface area contributed by atoms with Gasteiger partial charge in [0.2, 0.25) is 0 Å². The topological polar surface area (TPSA) is 55.4 Å². The summed E-state index contributed by atoms with van der Waals surface area (Å²) in [5, 5.41) is 3.14. The second kappa shape index (κ2) is 5.80. The van der Waals surface area contributed by atoms with E-state index in [0.29, 0.717) is 6.61 Å². The van der Waals surface area contributed by atoms with Crippen molar-refractivity contribution >= 4 is 22.2 Å². The maximum atomic E-state index is 10.9. The summed E-state index contributed by atoms with van der Waals surface area (Å²) in [5.41, 5.74) is 0. The SMILES string of the molecule is CS(=O)(=O)CC1CCNCCO1.Cl. The molecule has 0 radical (unpaired) electrons. The van der Waals surface area contributed by atoms with Crippen molar-refractivity contribution < 1.29 is 13.2 Å². The molecule has 1 unspecified atom stereocenters. The molecule has 0 spiro atoms. The van der Waals surface area contributed by atoms with Gasteiger partial charge >= 0.3 is 0 Å². The molecule has 1 aliphatic heterocycles. The van der Waals surface area contributed by atoms with Crippen LogP contribution in [0.4, 0.5) is 0 Å². The largest absolute Gasteiger partial charge is 0.376 e. The number of hydrogen-bond acceptors (Lipinski definition) is 4. The fraction of sp³-hybridized carbons (Fsp3) is 1.00. The Morgan fingerprint density at radius 1 is 1.46 bits per heavy atom. The van der Waals surface area contributed by atoms with E-state index < -0.39 is 9.84 Å². The van der Waals surface area contributed by atoms with Crippen molar-refractivity contribution in [2.24, 2.45) is 0 Å². The van der Waals surface area contributed by atoms with E-state index in [2.05, 4.69) is 5.32 Å². The summed E-state index contributed by atoms with van der Waals surface area (Å²) in [6.45, 7) is 2.28. The Balaban J connectivity index is 0.00000144. The smallest absolute Gasteiger partial charge is 0.150 e. The summed E-state index contributed by atoms with van der Waals surface area (Å²) in [6.07, 6.45) is 1.91. The van der Waals surface area contributed by atoms with Crippen molar-refractivity contribution in [1.82, 2.24) is 5.32 Å². The van der Waals surface area contributed by atoms with Gasteiger partial charge in [-0.05, 0) is 13.0 Å². The zero-order chi connectivity index (χ0) is 9.03. The summed E-state index contributed by atoms with van der Waals surface area (Å²) in [5.74, 6) is 0.147. The van der Waals surface area contributed by atoms with E-state index >= 15 is 0 Å². The van der Waals surface area contributed by atoms with Crippen LogP contribution >= 0.6 is 12.4 Å². The second-order valence-corrected chi connectivity index (χ2v) is 5.31. The summed E-state index contributed by atoms with van der Waals surface area (Å²) in [4.78, 5) is 0. The number of sulfone groups is 1. The first-order valence-corrected chi connectivity index (χ1v) is 6.14. The lowest BCUT2D eigenvalue weighted by Gasteiger charge is -2.12. The van der Waals surface area contributed by atoms with E-state index in [1.54, 1.807) is 0 Å². The molecule has 0 amide bonds. The molecule has 1 fully saturated rings. The Morgan fingerprint density at radius 2 is 2.15 bits per heavy atom. The van der Waals surface area contributed by atoms with Gasteiger partial charge in [0, 0.05) is 12.8 Å². The average molecular weight is 230 g/mol. The van der Waals surface area contributed by atoms with Gasteiger partial charge in [-0.3, -0.25) is 0 Å². The number of rotatable bonds is 2. The van der Waals surface area contributed by atoms with Gasteiger partial charge in [0.15, 0.2) is 0 Å². The summed E-state index contributed by atoms with van der Waals surface area (Å²) < 4.78 is 27.2. The van der Waals surface area contributed by atoms with Gasteiger partial charge in [-0.25, -0.2) is 8.42 Å². The maximum Gasteiger partial charge on any atom is 0.150 e. The molecule has 1 rings (SSSR count). The fourth-order valence-corrected chi connectivity index (χ4v) is 2.18. The standard InChI is InChI=1S/C7H15NO3S.ClH/c1-12(9,10)6-7-2-3-8-4-5-11-7;/h7-8H,2-6H2,1H3;1H. The van der Waals surface area contributed by atoms with Crippen LogP contribution in [0.2, 0.25) is 0 Å². The van der Waals surface area contributed by atoms with Gasteiger partial charge in [-0.1, -0.05) is 0 Å². The van der Waals surface area contributed by atoms with E-state index in [1.165, 1.54) is 6.26 Å². The van der Waals surface area contributed by atoms with Crippen LogP contribution in [0.1, 0.15) is 6.42 Å². The van der Waals surface area contributed by atoms with Crippen molar-refractivity contribution in [3.8, 4) is 0 Å². The number of ether oxygens (including phenoxy) is 1. The highest BCUT2D eigenvalue weighted by molar-refractivity contribution is 7.90. The lowest BCUT2D eigenvalue weighted by molar-refractivity contribution is 0.0805. The van der Waals surface area contributed by atoms with Crippen LogP contribution in [-0.2, 0) is 14.6 Å². The lowest BCUT2D eigenvalue weighted by Crippen LogP contribution is -2.23. The van der Waals surface area contributed by atoms with E-state index in [-0.39, 0.29) is 24.3 Å². The molecule has 1 saturated heterocycles. The van der Waals surface area contributed by atoms with E-state index in [0.717, 1.165) is 19.5 Å². The molecule has 1 aliphatic rings. The molecule has 4 nitrogen and oxygen atoms in total. The van der Waals surface area contributed by atoms with Crippen LogP contribution in [0.25, 0.3) is 0 Å². The minimum absolute atomic E-state index is 0. The summed E-state index contributed by atoms with van der Waals surface area (Å²) >= 11 is 0. The third kappa shape index (κ3) is 6.26. The molecule has 1 N–H and O–H groups in total. The molecule has 1 heterocycles. The Kier molecular flexibility index (Phi) is 5.87. The molecular weight excluding hydrogens is 214 g/mol. The normalized spacial score (nSPS) is 24.5. The Hall–Kier alpha value is 0.160. The van der Waals surface area contributed by atoms with Gasteiger partial charge in [0.1, 0.15) is 9.84 Å². The van der Waals surface area contributed by atoms with Crippen LogP contribution < -0.4 is 5.32 Å². The average Bonchev–Trinajstić information content (AvgIpc) is 2.12. The zero-order valence-electron chi connectivity index (χ0n) is 7.65. The third-order valence-corrected chi connectivity index (χ3v) is 2.74. The predicted molar refractivity (Wildman–Crippen MR) is 54.2 cm³/mol. The van der Waals surface area contributed by atoms with E-state index in [9.17, 15) is 8.42 Å². The van der Waals surface area contributed by atoms with Crippen LogP contribution in [0, 0.1) is 0 Å². The molecule has 13 heavy (non-hydrogen) atoms. The van der Waals surface area contributed by atoms with Crippen LogP contribution in [0.15, 0.2) is 0 Å². The van der Waals surface area contributed by atoms with E-state index in [4.69, 9.17) is 4.74 Å². The quantitative estimate of drug-likeness (QED) is 0.715. The van der Waals surface area contributed by atoms with Crippen molar-refractivity contribution in [3.63, 3.8) is 0 Å². The van der Waals surface area contributed by atoms with Crippen LogP contribution in [0.5, 0.6) is 0 Å². The molecule has 6 heteroatoms. The van der Waals surface area contributed by atoms with Gasteiger partial charge < -0.3 is 10.1 Å². The lowest BCUT2D eigenvalue weighted by atomic mass is 10.3. The first kappa shape index (κ1) is 13.2. The molecule has 0 aromatic heterocycles. The van der Waals surface area contributed by atoms with Gasteiger partial charge in [-0.15, -0.1) is 12.4 Å². The minimum atomic E-state index is -2.89. The minimum Gasteiger partial charge on any atom is -0.376 e. The Morgan fingerprint density at radius 3 is 2.77 bits per heavy atom. The molecule has 0 aromatic carbocycles. The van der Waals surface area contributed by atoms with Crippen molar-refractivity contribution in [2.75, 3.05) is 31.7 Å². The van der Waals surface area contributed by atoms with Crippen molar-refractivity contribution in [3.05, 3.63) is 0 Å². The molecule has 0 bridgehead atoms. The summed E-state index contributed by atoms with van der Waals surface area (Å²) in [7, 11) is -2.89. The van der Waals surface area contributed by atoms with Crippen LogP contribution in [-0.4, -0.2) is 46.2 Å². The van der Waals surface area contributed by atoms with Gasteiger partial charge in [0.25, 0.3) is 0 Å². The predicted octanol–water partition coefficient (Wildman–Crippen LogP) is -0.169. The number of halogens is 1. The molecule has 0 aliphatic carbocycles. The highest BCUT2D eigenvalue weighted by Gasteiger charge is 2.17. The third-order valence-electron chi connectivity index (χ3n) is 1.76. The fourth-order valence-electron chi connectivity index (χ4n) is 1.24. The highest BCUT2D eigenvalue weighted by atomic mass is 35.5. The van der Waals surface area contributed by atoms with Crippen molar-refractivity contribution in [1.29, 1.82) is 0 Å². The van der Waals surface area contributed by atoms with Gasteiger partial charge in [-0.2, -0.15) is 0 Å². The molecule has 0 saturated carbocycles.